The van der Waals surface area contributed by atoms with Gasteiger partial charge in [-0.1, -0.05) is 23.7 Å². The number of rotatable bonds is 6. The van der Waals surface area contributed by atoms with E-state index in [1.165, 1.54) is 6.92 Å². The smallest absolute Gasteiger partial charge is 0.219 e. The maximum absolute atomic E-state index is 11.5. The van der Waals surface area contributed by atoms with Crippen LogP contribution in [-0.4, -0.2) is 38.6 Å². The highest BCUT2D eigenvalue weighted by molar-refractivity contribution is 7.88. The molecule has 0 radical (unpaired) electrons. The molecule has 1 aromatic rings. The fourth-order valence-corrected chi connectivity index (χ4v) is 2.11. The van der Waals surface area contributed by atoms with E-state index in [2.05, 4.69) is 4.72 Å². The lowest BCUT2D eigenvalue weighted by atomic mass is 10.2. The number of carbonyl (C=O) groups excluding carboxylic acids is 1. The number of nitrogens with one attached hydrogen (secondary N) is 1. The lowest BCUT2D eigenvalue weighted by Crippen LogP contribution is -2.36. The summed E-state index contributed by atoms with van der Waals surface area (Å²) >= 11 is 5.79. The first kappa shape index (κ1) is 15.9. The molecule has 0 fully saturated rings. The first-order valence-electron chi connectivity index (χ1n) is 5.72. The van der Waals surface area contributed by atoms with Gasteiger partial charge >= 0.3 is 0 Å². The van der Waals surface area contributed by atoms with Gasteiger partial charge in [0.05, 0.1) is 6.26 Å². The average Bonchev–Trinajstić information content (AvgIpc) is 2.28. The van der Waals surface area contributed by atoms with Gasteiger partial charge in [0.1, 0.15) is 0 Å². The Hall–Kier alpha value is -1.11. The summed E-state index contributed by atoms with van der Waals surface area (Å²) in [6.07, 6.45) is 1.09. The van der Waals surface area contributed by atoms with Crippen LogP contribution < -0.4 is 4.72 Å². The molecular formula is C12H17ClN2O3S. The van der Waals surface area contributed by atoms with Crippen molar-refractivity contribution in [3.63, 3.8) is 0 Å². The normalized spacial score (nSPS) is 11.3. The third kappa shape index (κ3) is 6.56. The van der Waals surface area contributed by atoms with Crippen LogP contribution in [0.15, 0.2) is 24.3 Å². The Morgan fingerprint density at radius 3 is 2.37 bits per heavy atom. The molecule has 19 heavy (non-hydrogen) atoms. The maximum atomic E-state index is 11.5. The third-order valence-corrected chi connectivity index (χ3v) is 3.46. The Kier molecular flexibility index (Phi) is 5.78. The molecule has 1 rings (SSSR count). The van der Waals surface area contributed by atoms with Crippen LogP contribution in [0.4, 0.5) is 0 Å². The summed E-state index contributed by atoms with van der Waals surface area (Å²) in [6.45, 7) is 2.41. The highest BCUT2D eigenvalue weighted by atomic mass is 35.5. The minimum atomic E-state index is -3.23. The molecule has 0 aliphatic rings. The van der Waals surface area contributed by atoms with Crippen LogP contribution in [-0.2, 0) is 21.4 Å². The van der Waals surface area contributed by atoms with Crippen LogP contribution in [0.25, 0.3) is 0 Å². The molecular weight excluding hydrogens is 288 g/mol. The van der Waals surface area contributed by atoms with E-state index in [-0.39, 0.29) is 12.5 Å². The minimum absolute atomic E-state index is 0.106. The minimum Gasteiger partial charge on any atom is -0.337 e. The van der Waals surface area contributed by atoms with E-state index in [0.717, 1.165) is 11.8 Å². The van der Waals surface area contributed by atoms with E-state index in [1.807, 2.05) is 12.1 Å². The van der Waals surface area contributed by atoms with Crippen LogP contribution in [0.2, 0.25) is 5.02 Å². The van der Waals surface area contributed by atoms with Crippen molar-refractivity contribution < 1.29 is 13.2 Å². The highest BCUT2D eigenvalue weighted by Gasteiger charge is 2.10. The van der Waals surface area contributed by atoms with E-state index in [9.17, 15) is 13.2 Å². The van der Waals surface area contributed by atoms with Crippen molar-refractivity contribution in [2.45, 2.75) is 13.5 Å². The molecule has 7 heteroatoms. The van der Waals surface area contributed by atoms with Gasteiger partial charge in [0, 0.05) is 31.6 Å². The number of hydrogen-bond donors (Lipinski definition) is 1. The molecule has 0 bridgehead atoms. The zero-order valence-corrected chi connectivity index (χ0v) is 12.5. The molecule has 0 saturated heterocycles. The molecule has 0 spiro atoms. The predicted octanol–water partition coefficient (Wildman–Crippen LogP) is 1.24. The lowest BCUT2D eigenvalue weighted by Gasteiger charge is -2.21. The Morgan fingerprint density at radius 2 is 1.89 bits per heavy atom. The zero-order chi connectivity index (χ0) is 14.5. The molecule has 0 unspecified atom stereocenters. The fourth-order valence-electron chi connectivity index (χ4n) is 1.52. The Labute approximate surface area is 118 Å². The van der Waals surface area contributed by atoms with E-state index in [0.29, 0.717) is 18.1 Å². The van der Waals surface area contributed by atoms with Gasteiger partial charge in [-0.3, -0.25) is 4.79 Å². The molecule has 0 aliphatic carbocycles. The first-order valence-corrected chi connectivity index (χ1v) is 7.99. The number of nitrogens with zero attached hydrogens (tertiary/aromatic N) is 1. The second-order valence-corrected chi connectivity index (χ2v) is 6.50. The van der Waals surface area contributed by atoms with E-state index in [4.69, 9.17) is 11.6 Å². The van der Waals surface area contributed by atoms with Gasteiger partial charge in [-0.25, -0.2) is 13.1 Å². The van der Waals surface area contributed by atoms with Crippen molar-refractivity contribution in [3.05, 3.63) is 34.9 Å². The van der Waals surface area contributed by atoms with Crippen molar-refractivity contribution in [3.8, 4) is 0 Å². The van der Waals surface area contributed by atoms with Crippen LogP contribution in [0, 0.1) is 0 Å². The van der Waals surface area contributed by atoms with Crippen LogP contribution in [0.3, 0.4) is 0 Å². The van der Waals surface area contributed by atoms with Crippen molar-refractivity contribution in [1.82, 2.24) is 9.62 Å². The second kappa shape index (κ2) is 6.88. The van der Waals surface area contributed by atoms with Crippen molar-refractivity contribution in [2.24, 2.45) is 0 Å². The average molecular weight is 305 g/mol. The Morgan fingerprint density at radius 1 is 1.32 bits per heavy atom. The third-order valence-electron chi connectivity index (χ3n) is 2.48. The van der Waals surface area contributed by atoms with Crippen LogP contribution in [0.5, 0.6) is 0 Å². The summed E-state index contributed by atoms with van der Waals surface area (Å²) in [6, 6.07) is 7.18. The zero-order valence-electron chi connectivity index (χ0n) is 10.9. The molecule has 1 amide bonds. The molecule has 1 N–H and O–H groups in total. The van der Waals surface area contributed by atoms with Crippen LogP contribution >= 0.6 is 11.6 Å². The predicted molar refractivity (Wildman–Crippen MR) is 75.4 cm³/mol. The summed E-state index contributed by atoms with van der Waals surface area (Å²) in [5.41, 5.74) is 0.943. The number of benzene rings is 1. The Balaban J connectivity index is 2.58. The van der Waals surface area contributed by atoms with Gasteiger partial charge in [0.2, 0.25) is 15.9 Å². The molecule has 0 heterocycles. The summed E-state index contributed by atoms with van der Waals surface area (Å²) in [5.74, 6) is -0.106. The number of sulfonamides is 1. The topological polar surface area (TPSA) is 66.5 Å². The van der Waals surface area contributed by atoms with E-state index < -0.39 is 10.0 Å². The van der Waals surface area contributed by atoms with Gasteiger partial charge < -0.3 is 4.90 Å². The number of halogens is 1. The van der Waals surface area contributed by atoms with Gasteiger partial charge in [0.15, 0.2) is 0 Å². The summed E-state index contributed by atoms with van der Waals surface area (Å²) < 4.78 is 24.3. The quantitative estimate of drug-likeness (QED) is 0.860. The van der Waals surface area contributed by atoms with Crippen molar-refractivity contribution in [2.75, 3.05) is 19.3 Å². The monoisotopic (exact) mass is 304 g/mol. The van der Waals surface area contributed by atoms with Crippen molar-refractivity contribution >= 4 is 27.5 Å². The van der Waals surface area contributed by atoms with E-state index in [1.54, 1.807) is 17.0 Å². The van der Waals surface area contributed by atoms with Gasteiger partial charge in [-0.05, 0) is 17.7 Å². The molecule has 1 aromatic carbocycles. The Bertz CT molecular complexity index is 528. The molecule has 5 nitrogen and oxygen atoms in total. The maximum Gasteiger partial charge on any atom is 0.219 e. The molecule has 106 valence electrons. The van der Waals surface area contributed by atoms with Crippen LogP contribution in [0.1, 0.15) is 12.5 Å². The van der Waals surface area contributed by atoms with Gasteiger partial charge in [-0.2, -0.15) is 0 Å². The number of hydrogen-bond acceptors (Lipinski definition) is 3. The molecule has 0 atom stereocenters. The summed E-state index contributed by atoms with van der Waals surface area (Å²) in [7, 11) is -3.23. The summed E-state index contributed by atoms with van der Waals surface area (Å²) in [5, 5.41) is 0.636. The molecule has 0 saturated carbocycles. The molecule has 0 aliphatic heterocycles. The van der Waals surface area contributed by atoms with Gasteiger partial charge in [0.25, 0.3) is 0 Å². The molecule has 0 aromatic heterocycles. The standard InChI is InChI=1S/C12H17ClN2O3S/c1-10(16)15(8-7-14-19(2,17)18)9-11-3-5-12(13)6-4-11/h3-6,14H,7-9H2,1-2H3. The largest absolute Gasteiger partial charge is 0.337 e. The van der Waals surface area contributed by atoms with E-state index >= 15 is 0 Å². The lowest BCUT2D eigenvalue weighted by molar-refractivity contribution is -0.129. The first-order chi connectivity index (χ1) is 8.78. The van der Waals surface area contributed by atoms with Crippen molar-refractivity contribution in [1.29, 1.82) is 0 Å². The highest BCUT2D eigenvalue weighted by Crippen LogP contribution is 2.11. The SMILES string of the molecule is CC(=O)N(CCNS(C)(=O)=O)Cc1ccc(Cl)cc1. The fraction of sp³-hybridized carbons (Fsp3) is 0.417. The summed E-state index contributed by atoms with van der Waals surface area (Å²) in [4.78, 5) is 13.1. The second-order valence-electron chi connectivity index (χ2n) is 4.23. The van der Waals surface area contributed by atoms with Gasteiger partial charge in [-0.15, -0.1) is 0 Å². The number of carbonyl (C=O) groups is 1. The number of amides is 1.